The Bertz CT molecular complexity index is 191. The molecule has 0 amide bonds. The number of rotatable bonds is 5. The van der Waals surface area contributed by atoms with Crippen LogP contribution >= 0.6 is 11.8 Å². The number of hydrogen-bond acceptors (Lipinski definition) is 4. The highest BCUT2D eigenvalue weighted by molar-refractivity contribution is 7.98. The van der Waals surface area contributed by atoms with Gasteiger partial charge in [-0.1, -0.05) is 0 Å². The molecule has 3 unspecified atom stereocenters. The van der Waals surface area contributed by atoms with Crippen LogP contribution in [0.4, 0.5) is 0 Å². The molecule has 4 heteroatoms. The maximum atomic E-state index is 5.86. The Kier molecular flexibility index (Phi) is 4.31. The highest BCUT2D eigenvalue weighted by atomic mass is 32.2. The molecule has 0 aromatic carbocycles. The van der Waals surface area contributed by atoms with Crippen LogP contribution in [-0.2, 0) is 4.74 Å². The number of thioether (sulfide) groups is 1. The van der Waals surface area contributed by atoms with Gasteiger partial charge in [0.2, 0.25) is 0 Å². The molecule has 0 spiro atoms. The molecular weight excluding hydrogens is 208 g/mol. The molecule has 15 heavy (non-hydrogen) atoms. The quantitative estimate of drug-likeness (QED) is 0.762. The average molecular weight is 230 g/mol. The lowest BCUT2D eigenvalue weighted by Crippen LogP contribution is -2.50. The molecule has 2 aliphatic rings. The predicted molar refractivity (Wildman–Crippen MR) is 65.3 cm³/mol. The normalized spacial score (nSPS) is 33.2. The standard InChI is InChI=1S/C11H22N2OS/c1-15-5-4-9(6-12)13-7-10-2-3-11(8-13)14-10/h9-11H,2-8,12H2,1H3. The van der Waals surface area contributed by atoms with Crippen molar-refractivity contribution in [3.8, 4) is 0 Å². The Labute approximate surface area is 96.7 Å². The van der Waals surface area contributed by atoms with E-state index in [0.717, 1.165) is 19.6 Å². The smallest absolute Gasteiger partial charge is 0.0707 e. The summed E-state index contributed by atoms with van der Waals surface area (Å²) >= 11 is 1.91. The molecule has 3 atom stereocenters. The molecule has 0 aromatic heterocycles. The number of ether oxygens (including phenoxy) is 1. The first kappa shape index (κ1) is 11.7. The van der Waals surface area contributed by atoms with Crippen LogP contribution < -0.4 is 5.73 Å². The molecular formula is C11H22N2OS. The summed E-state index contributed by atoms with van der Waals surface area (Å²) in [5.41, 5.74) is 5.86. The van der Waals surface area contributed by atoms with Crippen molar-refractivity contribution in [1.29, 1.82) is 0 Å². The van der Waals surface area contributed by atoms with Crippen LogP contribution in [0.15, 0.2) is 0 Å². The molecule has 3 nitrogen and oxygen atoms in total. The number of fused-ring (bicyclic) bond motifs is 2. The van der Waals surface area contributed by atoms with Gasteiger partial charge in [-0.05, 0) is 31.3 Å². The third kappa shape index (κ3) is 2.87. The van der Waals surface area contributed by atoms with E-state index in [4.69, 9.17) is 10.5 Å². The van der Waals surface area contributed by atoms with Gasteiger partial charge in [0.25, 0.3) is 0 Å². The minimum Gasteiger partial charge on any atom is -0.372 e. The second kappa shape index (κ2) is 5.53. The van der Waals surface area contributed by atoms with E-state index < -0.39 is 0 Å². The predicted octanol–water partition coefficient (Wildman–Crippen LogP) is 0.930. The van der Waals surface area contributed by atoms with Crippen molar-refractivity contribution in [2.45, 2.75) is 37.5 Å². The zero-order chi connectivity index (χ0) is 10.7. The number of likely N-dealkylation sites (tertiary alicyclic amines) is 1. The highest BCUT2D eigenvalue weighted by Gasteiger charge is 2.35. The fourth-order valence-corrected chi connectivity index (χ4v) is 3.16. The molecule has 2 rings (SSSR count). The van der Waals surface area contributed by atoms with Crippen molar-refractivity contribution in [3.05, 3.63) is 0 Å². The Morgan fingerprint density at radius 1 is 1.40 bits per heavy atom. The molecule has 0 radical (unpaired) electrons. The van der Waals surface area contributed by atoms with E-state index >= 15 is 0 Å². The Morgan fingerprint density at radius 2 is 2.07 bits per heavy atom. The Hall–Kier alpha value is 0.230. The third-order valence-corrected chi connectivity index (χ3v) is 4.16. The van der Waals surface area contributed by atoms with E-state index in [1.807, 2.05) is 11.8 Å². The van der Waals surface area contributed by atoms with Gasteiger partial charge in [0.1, 0.15) is 0 Å². The van der Waals surface area contributed by atoms with Crippen molar-refractivity contribution >= 4 is 11.8 Å². The molecule has 2 fully saturated rings. The van der Waals surface area contributed by atoms with Crippen molar-refractivity contribution < 1.29 is 4.74 Å². The summed E-state index contributed by atoms with van der Waals surface area (Å²) in [5.74, 6) is 1.22. The van der Waals surface area contributed by atoms with Crippen LogP contribution in [0.5, 0.6) is 0 Å². The molecule has 2 N–H and O–H groups in total. The van der Waals surface area contributed by atoms with E-state index in [2.05, 4.69) is 11.2 Å². The molecule has 0 saturated carbocycles. The Morgan fingerprint density at radius 3 is 2.60 bits per heavy atom. The molecule has 2 saturated heterocycles. The maximum Gasteiger partial charge on any atom is 0.0707 e. The first-order valence-corrected chi connectivity index (χ1v) is 7.31. The van der Waals surface area contributed by atoms with Gasteiger partial charge in [-0.25, -0.2) is 0 Å². The summed E-state index contributed by atoms with van der Waals surface area (Å²) in [5, 5.41) is 0. The topological polar surface area (TPSA) is 38.5 Å². The van der Waals surface area contributed by atoms with Gasteiger partial charge in [-0.3, -0.25) is 4.90 Å². The molecule has 0 aromatic rings. The average Bonchev–Trinajstić information content (AvgIpc) is 2.59. The summed E-state index contributed by atoms with van der Waals surface area (Å²) in [7, 11) is 0. The van der Waals surface area contributed by atoms with Crippen molar-refractivity contribution in [2.75, 3.05) is 31.6 Å². The van der Waals surface area contributed by atoms with Crippen LogP contribution in [-0.4, -0.2) is 54.8 Å². The minimum atomic E-state index is 0.493. The lowest BCUT2D eigenvalue weighted by molar-refractivity contribution is -0.0517. The third-order valence-electron chi connectivity index (χ3n) is 3.52. The second-order valence-electron chi connectivity index (χ2n) is 4.58. The lowest BCUT2D eigenvalue weighted by atomic mass is 10.1. The molecule has 0 aliphatic carbocycles. The van der Waals surface area contributed by atoms with Crippen molar-refractivity contribution in [3.63, 3.8) is 0 Å². The van der Waals surface area contributed by atoms with Crippen LogP contribution in [0.25, 0.3) is 0 Å². The SMILES string of the molecule is CSCCC(CN)N1CC2CCC(C1)O2. The van der Waals surface area contributed by atoms with E-state index in [-0.39, 0.29) is 0 Å². The van der Waals surface area contributed by atoms with Gasteiger partial charge < -0.3 is 10.5 Å². The summed E-state index contributed by atoms with van der Waals surface area (Å²) in [6.45, 7) is 3.00. The molecule has 88 valence electrons. The molecule has 2 heterocycles. The number of nitrogens with two attached hydrogens (primary N) is 1. The summed E-state index contributed by atoms with van der Waals surface area (Å²) in [6.07, 6.45) is 6.87. The largest absolute Gasteiger partial charge is 0.372 e. The Balaban J connectivity index is 1.85. The van der Waals surface area contributed by atoms with Crippen LogP contribution in [0.1, 0.15) is 19.3 Å². The summed E-state index contributed by atoms with van der Waals surface area (Å²) < 4.78 is 5.84. The lowest BCUT2D eigenvalue weighted by Gasteiger charge is -2.37. The van der Waals surface area contributed by atoms with Gasteiger partial charge in [0.15, 0.2) is 0 Å². The monoisotopic (exact) mass is 230 g/mol. The minimum absolute atomic E-state index is 0.493. The van der Waals surface area contributed by atoms with Crippen LogP contribution in [0.3, 0.4) is 0 Å². The number of morpholine rings is 1. The fourth-order valence-electron chi connectivity index (χ4n) is 2.65. The first-order valence-electron chi connectivity index (χ1n) is 5.92. The summed E-state index contributed by atoms with van der Waals surface area (Å²) in [4.78, 5) is 2.56. The zero-order valence-corrected chi connectivity index (χ0v) is 10.3. The molecule has 2 aliphatic heterocycles. The summed E-state index contributed by atoms with van der Waals surface area (Å²) in [6, 6.07) is 0.574. The van der Waals surface area contributed by atoms with Crippen molar-refractivity contribution in [1.82, 2.24) is 4.90 Å². The van der Waals surface area contributed by atoms with Gasteiger partial charge in [0, 0.05) is 25.7 Å². The van der Waals surface area contributed by atoms with E-state index in [9.17, 15) is 0 Å². The zero-order valence-electron chi connectivity index (χ0n) is 9.52. The number of nitrogens with zero attached hydrogens (tertiary/aromatic N) is 1. The van der Waals surface area contributed by atoms with E-state index in [1.165, 1.54) is 25.0 Å². The maximum absolute atomic E-state index is 5.86. The van der Waals surface area contributed by atoms with Gasteiger partial charge in [-0.2, -0.15) is 11.8 Å². The van der Waals surface area contributed by atoms with Gasteiger partial charge >= 0.3 is 0 Å². The number of hydrogen-bond donors (Lipinski definition) is 1. The van der Waals surface area contributed by atoms with E-state index in [1.54, 1.807) is 0 Å². The van der Waals surface area contributed by atoms with Crippen LogP contribution in [0.2, 0.25) is 0 Å². The van der Waals surface area contributed by atoms with E-state index in [0.29, 0.717) is 18.2 Å². The van der Waals surface area contributed by atoms with Gasteiger partial charge in [-0.15, -0.1) is 0 Å². The first-order chi connectivity index (χ1) is 7.33. The highest BCUT2D eigenvalue weighted by Crippen LogP contribution is 2.27. The van der Waals surface area contributed by atoms with Gasteiger partial charge in [0.05, 0.1) is 12.2 Å². The van der Waals surface area contributed by atoms with Crippen LogP contribution in [0, 0.1) is 0 Å². The molecule has 2 bridgehead atoms. The second-order valence-corrected chi connectivity index (χ2v) is 5.57. The van der Waals surface area contributed by atoms with Crippen molar-refractivity contribution in [2.24, 2.45) is 5.73 Å². The fraction of sp³-hybridized carbons (Fsp3) is 1.00.